The lowest BCUT2D eigenvalue weighted by molar-refractivity contribution is -0.148. The molecule has 1 heteroatoms. The zero-order valence-corrected chi connectivity index (χ0v) is 11.1. The van der Waals surface area contributed by atoms with E-state index in [-0.39, 0.29) is 11.0 Å². The second-order valence-corrected chi connectivity index (χ2v) is 7.56. The van der Waals surface area contributed by atoms with Crippen molar-refractivity contribution in [3.8, 4) is 0 Å². The Balaban J connectivity index is 2.06. The second-order valence-electron chi connectivity index (χ2n) is 7.56. The van der Waals surface area contributed by atoms with Crippen molar-refractivity contribution in [2.75, 3.05) is 0 Å². The summed E-state index contributed by atoms with van der Waals surface area (Å²) >= 11 is 0. The molecule has 0 spiro atoms. The minimum Gasteiger partial charge on any atom is -0.389 e. The molecule has 3 aliphatic carbocycles. The van der Waals surface area contributed by atoms with E-state index in [9.17, 15) is 5.11 Å². The van der Waals surface area contributed by atoms with E-state index >= 15 is 0 Å². The standard InChI is InChI=1S/C15H26O/c1-11-9-12-5-4-6-13(2)7-8-14(11,3)15(12,16)10-13/h11-12,16H,4-10H2,1-3H3. The summed E-state index contributed by atoms with van der Waals surface area (Å²) in [5, 5.41) is 11.3. The first-order valence-corrected chi connectivity index (χ1v) is 7.12. The van der Waals surface area contributed by atoms with Crippen LogP contribution in [0.25, 0.3) is 0 Å². The molecule has 3 saturated carbocycles. The van der Waals surface area contributed by atoms with E-state index in [2.05, 4.69) is 20.8 Å². The van der Waals surface area contributed by atoms with Crippen LogP contribution in [0, 0.1) is 22.7 Å². The van der Waals surface area contributed by atoms with E-state index in [1.165, 1.54) is 38.5 Å². The SMILES string of the molecule is CC1CC2CCCC3(C)CCC1(C)C2(O)C3. The van der Waals surface area contributed by atoms with Gasteiger partial charge in [-0.05, 0) is 61.2 Å². The maximum Gasteiger partial charge on any atom is 0.0736 e. The fraction of sp³-hybridized carbons (Fsp3) is 1.00. The summed E-state index contributed by atoms with van der Waals surface area (Å²) in [4.78, 5) is 0. The molecule has 0 amide bonds. The number of hydrogen-bond acceptors (Lipinski definition) is 1. The van der Waals surface area contributed by atoms with Gasteiger partial charge in [-0.3, -0.25) is 0 Å². The maximum absolute atomic E-state index is 11.3. The minimum absolute atomic E-state index is 0.210. The van der Waals surface area contributed by atoms with Crippen LogP contribution in [0.5, 0.6) is 0 Å². The highest BCUT2D eigenvalue weighted by atomic mass is 16.3. The zero-order chi connectivity index (χ0) is 11.6. The fourth-order valence-electron chi connectivity index (χ4n) is 5.23. The summed E-state index contributed by atoms with van der Waals surface area (Å²) in [6.45, 7) is 7.15. The van der Waals surface area contributed by atoms with Crippen LogP contribution in [0.1, 0.15) is 65.7 Å². The predicted molar refractivity (Wildman–Crippen MR) is 66.1 cm³/mol. The molecule has 0 aromatic carbocycles. The van der Waals surface area contributed by atoms with Gasteiger partial charge in [-0.1, -0.05) is 27.2 Å². The number of hydrogen-bond donors (Lipinski definition) is 1. The smallest absolute Gasteiger partial charge is 0.0736 e. The summed E-state index contributed by atoms with van der Waals surface area (Å²) < 4.78 is 0. The highest BCUT2D eigenvalue weighted by molar-refractivity contribution is 5.15. The van der Waals surface area contributed by atoms with Crippen molar-refractivity contribution in [3.05, 3.63) is 0 Å². The Morgan fingerprint density at radius 2 is 1.88 bits per heavy atom. The van der Waals surface area contributed by atoms with Crippen LogP contribution in [0.3, 0.4) is 0 Å². The summed E-state index contributed by atoms with van der Waals surface area (Å²) in [7, 11) is 0. The van der Waals surface area contributed by atoms with Crippen molar-refractivity contribution in [1.82, 2.24) is 0 Å². The molecule has 92 valence electrons. The summed E-state index contributed by atoms with van der Waals surface area (Å²) in [5.41, 5.74) is 0.310. The molecule has 5 atom stereocenters. The van der Waals surface area contributed by atoms with Crippen LogP contribution in [-0.4, -0.2) is 10.7 Å². The van der Waals surface area contributed by atoms with E-state index < -0.39 is 0 Å². The van der Waals surface area contributed by atoms with Crippen LogP contribution in [-0.2, 0) is 0 Å². The van der Waals surface area contributed by atoms with Gasteiger partial charge >= 0.3 is 0 Å². The monoisotopic (exact) mass is 222 g/mol. The third-order valence-electron chi connectivity index (χ3n) is 6.67. The molecule has 1 nitrogen and oxygen atoms in total. The average molecular weight is 222 g/mol. The lowest BCUT2D eigenvalue weighted by atomic mass is 9.55. The molecular formula is C15H26O. The van der Waals surface area contributed by atoms with Crippen molar-refractivity contribution in [2.24, 2.45) is 22.7 Å². The number of rotatable bonds is 0. The van der Waals surface area contributed by atoms with Gasteiger partial charge in [0.25, 0.3) is 0 Å². The van der Waals surface area contributed by atoms with Crippen LogP contribution in [0.2, 0.25) is 0 Å². The predicted octanol–water partition coefficient (Wildman–Crippen LogP) is 3.75. The molecular weight excluding hydrogens is 196 g/mol. The van der Waals surface area contributed by atoms with Crippen molar-refractivity contribution < 1.29 is 5.11 Å². The largest absolute Gasteiger partial charge is 0.389 e. The first kappa shape index (κ1) is 11.1. The van der Waals surface area contributed by atoms with Gasteiger partial charge in [-0.15, -0.1) is 0 Å². The quantitative estimate of drug-likeness (QED) is 0.662. The molecule has 2 bridgehead atoms. The van der Waals surface area contributed by atoms with Gasteiger partial charge in [0.2, 0.25) is 0 Å². The molecule has 0 aromatic heterocycles. The van der Waals surface area contributed by atoms with E-state index in [1.807, 2.05) is 0 Å². The molecule has 3 aliphatic rings. The van der Waals surface area contributed by atoms with Gasteiger partial charge in [0.1, 0.15) is 0 Å². The normalized spacial score (nSPS) is 60.8. The Morgan fingerprint density at radius 3 is 2.62 bits per heavy atom. The van der Waals surface area contributed by atoms with Gasteiger partial charge in [-0.25, -0.2) is 0 Å². The molecule has 5 unspecified atom stereocenters. The van der Waals surface area contributed by atoms with Crippen molar-refractivity contribution in [1.29, 1.82) is 0 Å². The van der Waals surface area contributed by atoms with Crippen molar-refractivity contribution >= 4 is 0 Å². The van der Waals surface area contributed by atoms with E-state index in [0.717, 1.165) is 6.42 Å². The zero-order valence-electron chi connectivity index (χ0n) is 11.1. The molecule has 0 radical (unpaired) electrons. The van der Waals surface area contributed by atoms with Crippen molar-refractivity contribution in [2.45, 2.75) is 71.3 Å². The van der Waals surface area contributed by atoms with Crippen LogP contribution in [0.4, 0.5) is 0 Å². The third-order valence-corrected chi connectivity index (χ3v) is 6.67. The summed E-state index contributed by atoms with van der Waals surface area (Å²) in [5.74, 6) is 1.31. The Bertz CT molecular complexity index is 313. The lowest BCUT2D eigenvalue weighted by Crippen LogP contribution is -2.54. The molecule has 3 rings (SSSR count). The van der Waals surface area contributed by atoms with Gasteiger partial charge in [0, 0.05) is 0 Å². The van der Waals surface area contributed by atoms with Gasteiger partial charge in [0.05, 0.1) is 5.60 Å². The molecule has 3 fully saturated rings. The Morgan fingerprint density at radius 1 is 1.12 bits per heavy atom. The minimum atomic E-state index is -0.337. The van der Waals surface area contributed by atoms with E-state index in [1.54, 1.807) is 0 Å². The topological polar surface area (TPSA) is 20.2 Å². The van der Waals surface area contributed by atoms with Crippen LogP contribution < -0.4 is 0 Å². The fourth-order valence-corrected chi connectivity index (χ4v) is 5.23. The Hall–Kier alpha value is -0.0400. The molecule has 0 heterocycles. The lowest BCUT2D eigenvalue weighted by Gasteiger charge is -2.53. The van der Waals surface area contributed by atoms with Crippen LogP contribution in [0.15, 0.2) is 0 Å². The number of aliphatic hydroxyl groups is 1. The first-order valence-electron chi connectivity index (χ1n) is 7.12. The van der Waals surface area contributed by atoms with Crippen molar-refractivity contribution in [3.63, 3.8) is 0 Å². The second kappa shape index (κ2) is 3.04. The highest BCUT2D eigenvalue weighted by Crippen LogP contribution is 2.66. The Labute approximate surface area is 99.6 Å². The van der Waals surface area contributed by atoms with Gasteiger partial charge in [-0.2, -0.15) is 0 Å². The van der Waals surface area contributed by atoms with Gasteiger partial charge in [0.15, 0.2) is 0 Å². The maximum atomic E-state index is 11.3. The third kappa shape index (κ3) is 1.16. The highest BCUT2D eigenvalue weighted by Gasteiger charge is 2.64. The van der Waals surface area contributed by atoms with E-state index in [4.69, 9.17) is 0 Å². The molecule has 0 aliphatic heterocycles. The molecule has 1 N–H and O–H groups in total. The first-order chi connectivity index (χ1) is 7.40. The number of fused-ring (bicyclic) bond motifs is 1. The molecule has 16 heavy (non-hydrogen) atoms. The summed E-state index contributed by atoms with van der Waals surface area (Å²) in [6, 6.07) is 0. The molecule has 0 saturated heterocycles. The van der Waals surface area contributed by atoms with Gasteiger partial charge < -0.3 is 5.11 Å². The van der Waals surface area contributed by atoms with E-state index in [0.29, 0.717) is 17.3 Å². The average Bonchev–Trinajstić information content (AvgIpc) is 2.34. The van der Waals surface area contributed by atoms with Crippen LogP contribution >= 0.6 is 0 Å². The summed E-state index contributed by atoms with van der Waals surface area (Å²) in [6.07, 6.45) is 8.88. The Kier molecular flexibility index (Phi) is 2.11. The molecule has 0 aromatic rings.